The predicted octanol–water partition coefficient (Wildman–Crippen LogP) is 2.94. The van der Waals surface area contributed by atoms with Crippen molar-refractivity contribution in [2.75, 3.05) is 6.54 Å². The van der Waals surface area contributed by atoms with Crippen molar-refractivity contribution in [3.63, 3.8) is 0 Å². The first-order chi connectivity index (χ1) is 8.72. The van der Waals surface area contributed by atoms with Crippen molar-refractivity contribution in [1.82, 2.24) is 0 Å². The first-order valence-electron chi connectivity index (χ1n) is 5.68. The molecule has 0 spiro atoms. The Labute approximate surface area is 109 Å². The molecule has 94 valence electrons. The molecule has 2 N–H and O–H groups in total. The quantitative estimate of drug-likeness (QED) is 0.665. The molecule has 0 radical (unpaired) electrons. The molecule has 2 aromatic rings. The number of nitro groups is 1. The molecule has 1 unspecified atom stereocenters. The molecular formula is C13H14N2O2S. The van der Waals surface area contributed by atoms with Crippen molar-refractivity contribution in [1.29, 1.82) is 0 Å². The number of hydrogen-bond acceptors (Lipinski definition) is 4. The highest BCUT2D eigenvalue weighted by atomic mass is 32.1. The molecule has 4 nitrogen and oxygen atoms in total. The average molecular weight is 262 g/mol. The average Bonchev–Trinajstić information content (AvgIpc) is 2.90. The third-order valence-electron chi connectivity index (χ3n) is 2.88. The van der Waals surface area contributed by atoms with Gasteiger partial charge in [-0.1, -0.05) is 24.3 Å². The first-order valence-corrected chi connectivity index (χ1v) is 6.56. The summed E-state index contributed by atoms with van der Waals surface area (Å²) in [6.07, 6.45) is 0.605. The Morgan fingerprint density at radius 1 is 1.28 bits per heavy atom. The molecule has 0 saturated heterocycles. The largest absolute Gasteiger partial charge is 0.330 e. The Morgan fingerprint density at radius 3 is 2.67 bits per heavy atom. The number of nitrogens with zero attached hydrogens (tertiary/aromatic N) is 1. The van der Waals surface area contributed by atoms with Gasteiger partial charge in [-0.05, 0) is 17.9 Å². The minimum atomic E-state index is -0.336. The minimum Gasteiger partial charge on any atom is -0.330 e. The van der Waals surface area contributed by atoms with Gasteiger partial charge < -0.3 is 5.73 Å². The lowest BCUT2D eigenvalue weighted by Gasteiger charge is -2.12. The van der Waals surface area contributed by atoms with Gasteiger partial charge in [-0.3, -0.25) is 10.1 Å². The van der Waals surface area contributed by atoms with Crippen molar-refractivity contribution in [2.45, 2.75) is 12.3 Å². The van der Waals surface area contributed by atoms with Crippen molar-refractivity contribution in [3.8, 4) is 0 Å². The molecule has 1 atom stereocenters. The van der Waals surface area contributed by atoms with Crippen molar-refractivity contribution in [2.24, 2.45) is 5.73 Å². The molecule has 0 aliphatic carbocycles. The summed E-state index contributed by atoms with van der Waals surface area (Å²) < 4.78 is 0. The zero-order valence-corrected chi connectivity index (χ0v) is 10.6. The summed E-state index contributed by atoms with van der Waals surface area (Å²) in [6.45, 7) is 0.493. The van der Waals surface area contributed by atoms with Crippen LogP contribution in [0.15, 0.2) is 41.8 Å². The van der Waals surface area contributed by atoms with E-state index in [0.29, 0.717) is 13.0 Å². The molecular weight excluding hydrogens is 248 g/mol. The standard InChI is InChI=1S/C13H14N2O2S/c14-9-11(13-6-3-7-18-13)8-10-4-1-2-5-12(10)15(16)17/h1-7,11H,8-9,14H2. The molecule has 1 heterocycles. The highest BCUT2D eigenvalue weighted by Crippen LogP contribution is 2.28. The van der Waals surface area contributed by atoms with Crippen LogP contribution >= 0.6 is 11.3 Å². The summed E-state index contributed by atoms with van der Waals surface area (Å²) in [6, 6.07) is 10.8. The Morgan fingerprint density at radius 2 is 2.06 bits per heavy atom. The van der Waals surface area contributed by atoms with Crippen LogP contribution in [0.5, 0.6) is 0 Å². The van der Waals surface area contributed by atoms with Gasteiger partial charge in [-0.25, -0.2) is 0 Å². The molecule has 0 amide bonds. The van der Waals surface area contributed by atoms with Crippen LogP contribution < -0.4 is 5.73 Å². The Balaban J connectivity index is 2.25. The maximum absolute atomic E-state index is 11.0. The SMILES string of the molecule is NCC(Cc1ccccc1[N+](=O)[O-])c1cccs1. The fraction of sp³-hybridized carbons (Fsp3) is 0.231. The van der Waals surface area contributed by atoms with E-state index in [1.165, 1.54) is 10.9 Å². The van der Waals surface area contributed by atoms with E-state index in [1.54, 1.807) is 23.5 Å². The maximum atomic E-state index is 11.0. The van der Waals surface area contributed by atoms with Crippen molar-refractivity contribution in [3.05, 3.63) is 62.3 Å². The van der Waals surface area contributed by atoms with Crippen LogP contribution in [-0.4, -0.2) is 11.5 Å². The normalized spacial score (nSPS) is 12.3. The second-order valence-corrected chi connectivity index (χ2v) is 5.02. The molecule has 0 bridgehead atoms. The smallest absolute Gasteiger partial charge is 0.272 e. The Bertz CT molecular complexity index is 526. The summed E-state index contributed by atoms with van der Waals surface area (Å²) >= 11 is 1.64. The fourth-order valence-corrected chi connectivity index (χ4v) is 2.79. The number of hydrogen-bond donors (Lipinski definition) is 1. The van der Waals surface area contributed by atoms with E-state index in [-0.39, 0.29) is 16.5 Å². The topological polar surface area (TPSA) is 69.2 Å². The lowest BCUT2D eigenvalue weighted by atomic mass is 9.97. The van der Waals surface area contributed by atoms with Crippen LogP contribution in [0.3, 0.4) is 0 Å². The van der Waals surface area contributed by atoms with E-state index in [2.05, 4.69) is 0 Å². The molecule has 2 rings (SSSR count). The van der Waals surface area contributed by atoms with Crippen LogP contribution in [0.25, 0.3) is 0 Å². The number of nitrogens with two attached hydrogens (primary N) is 1. The van der Waals surface area contributed by atoms with E-state index in [4.69, 9.17) is 5.73 Å². The van der Waals surface area contributed by atoms with Crippen LogP contribution in [-0.2, 0) is 6.42 Å². The summed E-state index contributed by atoms with van der Waals surface area (Å²) in [5.74, 6) is 0.145. The molecule has 0 fully saturated rings. The zero-order chi connectivity index (χ0) is 13.0. The third kappa shape index (κ3) is 2.75. The monoisotopic (exact) mass is 262 g/mol. The van der Waals surface area contributed by atoms with E-state index < -0.39 is 0 Å². The molecule has 1 aromatic carbocycles. The second kappa shape index (κ2) is 5.75. The molecule has 18 heavy (non-hydrogen) atoms. The van der Waals surface area contributed by atoms with Gasteiger partial charge in [0.05, 0.1) is 4.92 Å². The van der Waals surface area contributed by atoms with Crippen molar-refractivity contribution < 1.29 is 4.92 Å². The van der Waals surface area contributed by atoms with Gasteiger partial charge >= 0.3 is 0 Å². The second-order valence-electron chi connectivity index (χ2n) is 4.04. The molecule has 5 heteroatoms. The summed E-state index contributed by atoms with van der Waals surface area (Å²) in [4.78, 5) is 11.8. The summed E-state index contributed by atoms with van der Waals surface area (Å²) in [5, 5.41) is 13.0. The van der Waals surface area contributed by atoms with Gasteiger partial charge in [0, 0.05) is 29.0 Å². The van der Waals surface area contributed by atoms with Gasteiger partial charge in [0.25, 0.3) is 5.69 Å². The van der Waals surface area contributed by atoms with Crippen LogP contribution in [0.4, 0.5) is 5.69 Å². The Hall–Kier alpha value is -1.72. The van der Waals surface area contributed by atoms with Crippen LogP contribution in [0.1, 0.15) is 16.4 Å². The molecule has 0 aliphatic heterocycles. The number of para-hydroxylation sites is 1. The lowest BCUT2D eigenvalue weighted by Crippen LogP contribution is -2.14. The predicted molar refractivity (Wildman–Crippen MR) is 72.9 cm³/mol. The highest BCUT2D eigenvalue weighted by Gasteiger charge is 2.18. The lowest BCUT2D eigenvalue weighted by molar-refractivity contribution is -0.385. The molecule has 1 aromatic heterocycles. The highest BCUT2D eigenvalue weighted by molar-refractivity contribution is 7.10. The van der Waals surface area contributed by atoms with Gasteiger partial charge in [0.1, 0.15) is 0 Å². The molecule has 0 saturated carbocycles. The van der Waals surface area contributed by atoms with Crippen LogP contribution in [0.2, 0.25) is 0 Å². The van der Waals surface area contributed by atoms with E-state index in [9.17, 15) is 10.1 Å². The van der Waals surface area contributed by atoms with E-state index in [1.807, 2.05) is 23.6 Å². The zero-order valence-electron chi connectivity index (χ0n) is 9.78. The number of nitro benzene ring substituents is 1. The van der Waals surface area contributed by atoms with E-state index in [0.717, 1.165) is 5.56 Å². The van der Waals surface area contributed by atoms with Gasteiger partial charge in [-0.2, -0.15) is 0 Å². The maximum Gasteiger partial charge on any atom is 0.272 e. The van der Waals surface area contributed by atoms with Crippen LogP contribution in [0, 0.1) is 10.1 Å². The summed E-state index contributed by atoms with van der Waals surface area (Å²) in [7, 11) is 0. The number of rotatable bonds is 5. The third-order valence-corrected chi connectivity index (χ3v) is 3.92. The van der Waals surface area contributed by atoms with E-state index >= 15 is 0 Å². The molecule has 0 aliphatic rings. The fourth-order valence-electron chi connectivity index (χ4n) is 1.95. The Kier molecular flexibility index (Phi) is 4.07. The number of benzene rings is 1. The first kappa shape index (κ1) is 12.7. The summed E-state index contributed by atoms with van der Waals surface area (Å²) in [5.41, 5.74) is 6.69. The number of thiophene rings is 1. The van der Waals surface area contributed by atoms with Crippen molar-refractivity contribution >= 4 is 17.0 Å². The minimum absolute atomic E-state index is 0.145. The van der Waals surface area contributed by atoms with Gasteiger partial charge in [0.15, 0.2) is 0 Å². The van der Waals surface area contributed by atoms with Gasteiger partial charge in [0.2, 0.25) is 0 Å². The van der Waals surface area contributed by atoms with Gasteiger partial charge in [-0.15, -0.1) is 11.3 Å².